The van der Waals surface area contributed by atoms with E-state index in [9.17, 15) is 24.2 Å². The number of hydrogen-bond acceptors (Lipinski definition) is 8. The van der Waals surface area contributed by atoms with Crippen LogP contribution >= 0.6 is 19.8 Å². The zero-order chi connectivity index (χ0) is 35.7. The van der Waals surface area contributed by atoms with Crippen molar-refractivity contribution in [1.82, 2.24) is 5.32 Å². The van der Waals surface area contributed by atoms with Crippen LogP contribution in [-0.2, 0) is 4.57 Å². The molecule has 258 valence electrons. The molecule has 1 unspecified atom stereocenters. The first-order valence-corrected chi connectivity index (χ1v) is 18.1. The van der Waals surface area contributed by atoms with Gasteiger partial charge in [-0.25, -0.2) is 0 Å². The Hall–Kier alpha value is -3.64. The van der Waals surface area contributed by atoms with E-state index in [1.54, 1.807) is 24.3 Å². The normalized spacial score (nSPS) is 13.8. The van der Waals surface area contributed by atoms with Crippen LogP contribution in [0.3, 0.4) is 0 Å². The molecule has 1 atom stereocenters. The monoisotopic (exact) mass is 697 g/mol. The summed E-state index contributed by atoms with van der Waals surface area (Å²) in [5.41, 5.74) is 1.67. The number of hydrogen-bond donors (Lipinski definition) is 1. The van der Waals surface area contributed by atoms with E-state index in [0.717, 1.165) is 52.8 Å². The maximum absolute atomic E-state index is 12.4. The zero-order valence-corrected chi connectivity index (χ0v) is 30.7. The van der Waals surface area contributed by atoms with E-state index in [-0.39, 0.29) is 28.1 Å². The number of rotatable bonds is 14. The molecule has 2 aromatic rings. The molecule has 0 aromatic heterocycles. The van der Waals surface area contributed by atoms with E-state index >= 15 is 0 Å². The average Bonchev–Trinajstić information content (AvgIpc) is 2.96. The second-order valence-corrected chi connectivity index (χ2v) is 16.9. The van der Waals surface area contributed by atoms with Crippen LogP contribution in [0.2, 0.25) is 0 Å². The van der Waals surface area contributed by atoms with Crippen LogP contribution in [0.25, 0.3) is 33.4 Å². The van der Waals surface area contributed by atoms with Crippen molar-refractivity contribution >= 4 is 41.7 Å². The summed E-state index contributed by atoms with van der Waals surface area (Å²) in [6, 6.07) is 13.5. The Morgan fingerprint density at radius 1 is 0.875 bits per heavy atom. The minimum Gasteiger partial charge on any atom is -0.769 e. The molecule has 1 N–H and O–H groups in total. The number of nitrogens with one attached hydrogen (secondary N) is 1. The number of aromatic carboxylic acids is 1. The summed E-state index contributed by atoms with van der Waals surface area (Å²) in [5.74, 6) is -1.18. The number of carboxylic acid groups (broad SMARTS) is 1. The summed E-state index contributed by atoms with van der Waals surface area (Å²) in [4.78, 5) is 36.9. The fourth-order valence-electron chi connectivity index (χ4n) is 5.37. The van der Waals surface area contributed by atoms with Crippen molar-refractivity contribution in [3.63, 3.8) is 0 Å². The molecule has 13 heteroatoms. The highest BCUT2D eigenvalue weighted by molar-refractivity contribution is 7.80. The number of carbonyl (C=O) groups is 1. The largest absolute Gasteiger partial charge is 0.769 e. The van der Waals surface area contributed by atoms with Crippen LogP contribution in [0, 0.1) is 0 Å². The number of likely N-dealkylation sites (N-methyl/N-ethyl adjacent to an activating group) is 3. The highest BCUT2D eigenvalue weighted by Gasteiger charge is 2.25. The number of nitrogens with zero attached hydrogens (tertiary/aromatic N) is 3. The summed E-state index contributed by atoms with van der Waals surface area (Å²) in [7, 11) is 11.5. The molecule has 1 aliphatic heterocycles. The quantitative estimate of drug-likeness (QED) is 0.0915. The molecule has 0 bridgehead atoms. The number of benzene rings is 3. The molecule has 2 aliphatic rings. The molecule has 11 nitrogen and oxygen atoms in total. The lowest BCUT2D eigenvalue weighted by molar-refractivity contribution is -0.963. The molecular formula is C35H46N4O7PS+. The van der Waals surface area contributed by atoms with E-state index in [1.807, 2.05) is 0 Å². The fraction of sp³-hybridized carbons (Fsp3) is 0.400. The molecule has 48 heavy (non-hydrogen) atoms. The third-order valence-corrected chi connectivity index (χ3v) is 9.32. The number of fused-ring (bicyclic) bond motifs is 2. The highest BCUT2D eigenvalue weighted by Crippen LogP contribution is 2.43. The topological polar surface area (TPSA) is 132 Å². The van der Waals surface area contributed by atoms with Gasteiger partial charge in [-0.15, -0.1) is 0 Å². The highest BCUT2D eigenvalue weighted by atomic mass is 32.1. The third kappa shape index (κ3) is 9.95. The third-order valence-electron chi connectivity index (χ3n) is 8.40. The maximum Gasteiger partial charge on any atom is 0.182 e. The van der Waals surface area contributed by atoms with Crippen molar-refractivity contribution in [3.8, 4) is 28.2 Å². The predicted octanol–water partition coefficient (Wildman–Crippen LogP) is 2.61. The van der Waals surface area contributed by atoms with E-state index in [1.165, 1.54) is 30.3 Å². The Balaban J connectivity index is 1.63. The van der Waals surface area contributed by atoms with Gasteiger partial charge in [0.05, 0.1) is 68.4 Å². The van der Waals surface area contributed by atoms with Gasteiger partial charge in [-0.2, -0.15) is 0 Å². The van der Waals surface area contributed by atoms with Gasteiger partial charge in [0.25, 0.3) is 0 Å². The SMILES string of the molecule is C[N+](C)(C)CC[N+](C)(C)CC[N+](C)(C)CCNC(=S)c1ccc(C(=O)[O-])c(-c2c3ccc(=O)cc-3oc3cc(OP(C)(=O)[O-])ccc23)c1. The standard InChI is InChI=1S/C35H45N4O7PS/c1-37(2,3)17-18-39(6,7)20-19-38(4,5)16-15-36-34(48)24-9-12-27(35(41)42)30(21-24)33-28-13-10-25(40)22-31(28)45-32-23-26(11-14-29(32)33)46-47(8,43)44/h9-14,21-23H,15-20H2,1-8H3/p+1. The molecule has 2 aromatic carbocycles. The first-order valence-electron chi connectivity index (χ1n) is 15.7. The molecule has 4 rings (SSSR count). The second kappa shape index (κ2) is 14.1. The van der Waals surface area contributed by atoms with E-state index in [4.69, 9.17) is 21.2 Å². The van der Waals surface area contributed by atoms with Gasteiger partial charge in [-0.1, -0.05) is 24.4 Å². The first kappa shape index (κ1) is 37.2. The lowest BCUT2D eigenvalue weighted by Gasteiger charge is -2.37. The van der Waals surface area contributed by atoms with E-state index in [2.05, 4.69) is 54.7 Å². The number of carboxylic acids is 1. The van der Waals surface area contributed by atoms with Crippen molar-refractivity contribution in [2.45, 2.75) is 0 Å². The second-order valence-electron chi connectivity index (χ2n) is 14.7. The summed E-state index contributed by atoms with van der Waals surface area (Å²) in [6.45, 7) is 6.60. The number of thiocarbonyl (C=S) groups is 1. The van der Waals surface area contributed by atoms with Crippen molar-refractivity contribution < 1.29 is 41.7 Å². The fourth-order valence-corrected chi connectivity index (χ4v) is 6.10. The number of carbonyl (C=O) groups excluding carboxylic acids is 1. The lowest BCUT2D eigenvalue weighted by atomic mass is 9.89. The predicted molar refractivity (Wildman–Crippen MR) is 189 cm³/mol. The van der Waals surface area contributed by atoms with Crippen molar-refractivity contribution in [2.24, 2.45) is 0 Å². The van der Waals surface area contributed by atoms with Crippen molar-refractivity contribution in [3.05, 3.63) is 75.9 Å². The van der Waals surface area contributed by atoms with Crippen LogP contribution in [0.4, 0.5) is 0 Å². The van der Waals surface area contributed by atoms with Gasteiger partial charge in [0.15, 0.2) is 13.0 Å². The Morgan fingerprint density at radius 2 is 1.52 bits per heavy atom. The minimum absolute atomic E-state index is 0.0166. The van der Waals surface area contributed by atoms with Crippen LogP contribution in [0.1, 0.15) is 15.9 Å². The van der Waals surface area contributed by atoms with Gasteiger partial charge in [0.1, 0.15) is 48.3 Å². The van der Waals surface area contributed by atoms with Crippen LogP contribution in [0.15, 0.2) is 63.8 Å². The van der Waals surface area contributed by atoms with Gasteiger partial charge in [0.2, 0.25) is 0 Å². The Morgan fingerprint density at radius 3 is 2.15 bits per heavy atom. The maximum atomic E-state index is 12.4. The first-order chi connectivity index (χ1) is 22.1. The molecule has 0 spiro atoms. The minimum atomic E-state index is -4.12. The van der Waals surface area contributed by atoms with Gasteiger partial charge >= 0.3 is 0 Å². The van der Waals surface area contributed by atoms with Gasteiger partial charge in [-0.05, 0) is 35.9 Å². The van der Waals surface area contributed by atoms with Crippen molar-refractivity contribution in [2.75, 3.05) is 95.3 Å². The van der Waals surface area contributed by atoms with Gasteiger partial charge in [0, 0.05) is 46.4 Å². The summed E-state index contributed by atoms with van der Waals surface area (Å²) in [5, 5.41) is 16.2. The van der Waals surface area contributed by atoms with E-state index < -0.39 is 13.6 Å². The Bertz CT molecular complexity index is 1910. The van der Waals surface area contributed by atoms with Crippen LogP contribution in [-0.4, -0.2) is 120 Å². The molecular weight excluding hydrogens is 651 g/mol. The average molecular weight is 698 g/mol. The van der Waals surface area contributed by atoms with Gasteiger partial charge in [-0.3, -0.25) is 9.36 Å². The molecule has 0 fully saturated rings. The Labute approximate surface area is 287 Å². The molecule has 0 saturated carbocycles. The molecule has 0 amide bonds. The van der Waals surface area contributed by atoms with Crippen LogP contribution in [0.5, 0.6) is 5.75 Å². The zero-order valence-electron chi connectivity index (χ0n) is 29.0. The summed E-state index contributed by atoms with van der Waals surface area (Å²) in [6.07, 6.45) is 0. The van der Waals surface area contributed by atoms with Crippen LogP contribution < -0.4 is 25.3 Å². The summed E-state index contributed by atoms with van der Waals surface area (Å²) < 4.78 is 25.5. The molecule has 0 saturated heterocycles. The number of quaternary nitrogens is 3. The smallest absolute Gasteiger partial charge is 0.182 e. The molecule has 1 aliphatic carbocycles. The molecule has 1 heterocycles. The van der Waals surface area contributed by atoms with Crippen molar-refractivity contribution in [1.29, 1.82) is 0 Å². The lowest BCUT2D eigenvalue weighted by Crippen LogP contribution is -2.55. The molecule has 0 radical (unpaired) electrons. The van der Waals surface area contributed by atoms with E-state index in [0.29, 0.717) is 39.2 Å². The van der Waals surface area contributed by atoms with Gasteiger partial charge < -0.3 is 42.5 Å². The Kier molecular flexibility index (Phi) is 10.9. The summed E-state index contributed by atoms with van der Waals surface area (Å²) >= 11 is 5.78.